The van der Waals surface area contributed by atoms with Crippen molar-refractivity contribution in [3.05, 3.63) is 76.5 Å². The lowest BCUT2D eigenvalue weighted by Gasteiger charge is -2.31. The summed E-state index contributed by atoms with van der Waals surface area (Å²) in [6.45, 7) is 1.63. The van der Waals surface area contributed by atoms with Crippen LogP contribution in [0.15, 0.2) is 53.7 Å². The van der Waals surface area contributed by atoms with Gasteiger partial charge < -0.3 is 4.98 Å². The summed E-state index contributed by atoms with van der Waals surface area (Å²) in [5.74, 6) is 0.0590. The monoisotopic (exact) mass is 435 g/mol. The van der Waals surface area contributed by atoms with Crippen molar-refractivity contribution in [1.82, 2.24) is 24.7 Å². The van der Waals surface area contributed by atoms with E-state index in [0.29, 0.717) is 48.1 Å². The second-order valence-corrected chi connectivity index (χ2v) is 8.70. The minimum Gasteiger partial charge on any atom is -0.310 e. The Hall–Kier alpha value is -3.42. The molecule has 0 saturated heterocycles. The number of alkyl halides is 1. The Morgan fingerprint density at radius 3 is 2.78 bits per heavy atom. The highest BCUT2D eigenvalue weighted by Gasteiger charge is 2.32. The van der Waals surface area contributed by atoms with Crippen molar-refractivity contribution in [2.75, 3.05) is 0 Å². The van der Waals surface area contributed by atoms with Crippen LogP contribution in [-0.2, 0) is 6.42 Å². The second kappa shape index (κ2) is 7.93. The maximum absolute atomic E-state index is 14.2. The maximum Gasteiger partial charge on any atom is 0.262 e. The predicted octanol–water partition coefficient (Wildman–Crippen LogP) is 4.75. The quantitative estimate of drug-likeness (QED) is 0.502. The van der Waals surface area contributed by atoms with Gasteiger partial charge in [-0.1, -0.05) is 12.1 Å². The molecule has 0 bridgehead atoms. The van der Waals surface area contributed by atoms with Crippen LogP contribution in [0.5, 0.6) is 0 Å². The van der Waals surface area contributed by atoms with Crippen molar-refractivity contribution in [3.63, 3.8) is 0 Å². The highest BCUT2D eigenvalue weighted by molar-refractivity contribution is 5.73. The Balaban J connectivity index is 1.53. The molecule has 1 N–H and O–H groups in total. The first-order valence-corrected chi connectivity index (χ1v) is 10.7. The van der Waals surface area contributed by atoms with E-state index in [1.807, 2.05) is 12.1 Å². The molecule has 4 aromatic rings. The zero-order valence-electron chi connectivity index (χ0n) is 17.7. The third-order valence-electron chi connectivity index (χ3n) is 6.25. The van der Waals surface area contributed by atoms with Gasteiger partial charge in [-0.3, -0.25) is 9.78 Å². The van der Waals surface area contributed by atoms with E-state index in [4.69, 9.17) is 0 Å². The van der Waals surface area contributed by atoms with Gasteiger partial charge in [-0.25, -0.2) is 18.4 Å². The van der Waals surface area contributed by atoms with Crippen molar-refractivity contribution in [2.24, 2.45) is 0 Å². The van der Waals surface area contributed by atoms with Crippen LogP contribution in [0, 0.1) is 5.82 Å². The number of hydrogen-bond acceptors (Lipinski definition) is 4. The highest BCUT2D eigenvalue weighted by atomic mass is 19.1. The van der Waals surface area contributed by atoms with Crippen molar-refractivity contribution in [2.45, 2.75) is 50.7 Å². The average Bonchev–Trinajstić information content (AvgIpc) is 3.19. The Morgan fingerprint density at radius 2 is 2.03 bits per heavy atom. The lowest BCUT2D eigenvalue weighted by molar-refractivity contribution is 0.103. The molecule has 0 atom stereocenters. The summed E-state index contributed by atoms with van der Waals surface area (Å²) < 4.78 is 30.1. The number of pyridine rings is 1. The lowest BCUT2D eigenvalue weighted by Crippen LogP contribution is -2.28. The van der Waals surface area contributed by atoms with E-state index in [1.54, 1.807) is 30.1 Å². The van der Waals surface area contributed by atoms with Gasteiger partial charge in [0.15, 0.2) is 5.65 Å². The number of H-pyrrole nitrogens is 1. The Kier molecular flexibility index (Phi) is 5.07. The fourth-order valence-corrected chi connectivity index (χ4v) is 4.47. The van der Waals surface area contributed by atoms with Gasteiger partial charge in [-0.2, -0.15) is 5.10 Å². The summed E-state index contributed by atoms with van der Waals surface area (Å²) in [5.41, 5.74) is 1.41. The standard InChI is InChI=1S/C24H23F2N5O/c1-24(26)8-6-18(7-9-24)31-22-20(14-28-31)23(32)30-21(29-22)12-16-11-17(25)4-5-19(16)15-3-2-10-27-13-15/h2-5,10-11,13-14,18H,6-9,12H2,1H3,(H,29,30,32). The average molecular weight is 435 g/mol. The van der Waals surface area contributed by atoms with Crippen LogP contribution in [0.1, 0.15) is 50.0 Å². The second-order valence-electron chi connectivity index (χ2n) is 8.70. The summed E-state index contributed by atoms with van der Waals surface area (Å²) in [6.07, 6.45) is 7.33. The molecule has 0 radical (unpaired) electrons. The summed E-state index contributed by atoms with van der Waals surface area (Å²) in [5, 5.41) is 4.80. The van der Waals surface area contributed by atoms with E-state index in [1.165, 1.54) is 18.3 Å². The van der Waals surface area contributed by atoms with Gasteiger partial charge >= 0.3 is 0 Å². The van der Waals surface area contributed by atoms with Crippen molar-refractivity contribution in [1.29, 1.82) is 0 Å². The Morgan fingerprint density at radius 1 is 1.22 bits per heavy atom. The normalized spacial score (nSPS) is 21.2. The minimum atomic E-state index is -1.16. The molecule has 5 rings (SSSR count). The zero-order valence-corrected chi connectivity index (χ0v) is 17.7. The molecule has 1 aliphatic carbocycles. The molecule has 3 aromatic heterocycles. The third-order valence-corrected chi connectivity index (χ3v) is 6.25. The number of hydrogen-bond donors (Lipinski definition) is 1. The van der Waals surface area contributed by atoms with Crippen molar-refractivity contribution < 1.29 is 8.78 Å². The van der Waals surface area contributed by atoms with E-state index < -0.39 is 5.67 Å². The van der Waals surface area contributed by atoms with Gasteiger partial charge in [0.1, 0.15) is 22.7 Å². The van der Waals surface area contributed by atoms with Gasteiger partial charge in [0, 0.05) is 24.4 Å². The molecular formula is C24H23F2N5O. The highest BCUT2D eigenvalue weighted by Crippen LogP contribution is 2.37. The van der Waals surface area contributed by atoms with Gasteiger partial charge in [-0.05, 0) is 61.9 Å². The van der Waals surface area contributed by atoms with E-state index in [-0.39, 0.29) is 23.8 Å². The minimum absolute atomic E-state index is 0.00130. The summed E-state index contributed by atoms with van der Waals surface area (Å²) >= 11 is 0. The molecular weight excluding hydrogens is 412 g/mol. The van der Waals surface area contributed by atoms with Crippen molar-refractivity contribution in [3.8, 4) is 11.1 Å². The van der Waals surface area contributed by atoms with Crippen LogP contribution in [0.25, 0.3) is 22.2 Å². The van der Waals surface area contributed by atoms with Gasteiger partial charge in [0.25, 0.3) is 5.56 Å². The van der Waals surface area contributed by atoms with Crippen LogP contribution in [0.3, 0.4) is 0 Å². The number of nitrogens with one attached hydrogen (secondary N) is 1. The maximum atomic E-state index is 14.2. The molecule has 1 aromatic carbocycles. The fraction of sp³-hybridized carbons (Fsp3) is 0.333. The Bertz CT molecular complexity index is 1320. The molecule has 164 valence electrons. The Labute approximate surface area is 183 Å². The molecule has 6 nitrogen and oxygen atoms in total. The molecule has 0 aliphatic heterocycles. The van der Waals surface area contributed by atoms with E-state index in [2.05, 4.69) is 20.1 Å². The number of benzene rings is 1. The first kappa shape index (κ1) is 20.5. The van der Waals surface area contributed by atoms with E-state index >= 15 is 0 Å². The summed E-state index contributed by atoms with van der Waals surface area (Å²) in [4.78, 5) is 24.4. The molecule has 0 amide bonds. The fourth-order valence-electron chi connectivity index (χ4n) is 4.47. The van der Waals surface area contributed by atoms with Gasteiger partial charge in [-0.15, -0.1) is 0 Å². The van der Waals surface area contributed by atoms with E-state index in [0.717, 1.165) is 11.1 Å². The molecule has 1 saturated carbocycles. The van der Waals surface area contributed by atoms with Crippen LogP contribution >= 0.6 is 0 Å². The van der Waals surface area contributed by atoms with Gasteiger partial charge in [0.2, 0.25) is 0 Å². The number of aromatic amines is 1. The summed E-state index contributed by atoms with van der Waals surface area (Å²) in [7, 11) is 0. The van der Waals surface area contributed by atoms with E-state index in [9.17, 15) is 13.6 Å². The molecule has 3 heterocycles. The van der Waals surface area contributed by atoms with Crippen LogP contribution in [-0.4, -0.2) is 30.4 Å². The van der Waals surface area contributed by atoms with Gasteiger partial charge in [0.05, 0.1) is 12.2 Å². The first-order valence-electron chi connectivity index (χ1n) is 10.7. The molecule has 8 heteroatoms. The number of aromatic nitrogens is 5. The SMILES string of the molecule is CC1(F)CCC(n2ncc3c(=O)[nH]c(Cc4cc(F)ccc4-c4cccnc4)nc32)CC1. The van der Waals surface area contributed by atoms with Crippen LogP contribution in [0.2, 0.25) is 0 Å². The van der Waals surface area contributed by atoms with Crippen LogP contribution in [0.4, 0.5) is 8.78 Å². The summed E-state index contributed by atoms with van der Waals surface area (Å²) in [6, 6.07) is 8.28. The molecule has 0 spiro atoms. The molecule has 1 fully saturated rings. The van der Waals surface area contributed by atoms with Crippen molar-refractivity contribution >= 4 is 11.0 Å². The topological polar surface area (TPSA) is 76.5 Å². The molecule has 1 aliphatic rings. The number of fused-ring (bicyclic) bond motifs is 1. The molecule has 0 unspecified atom stereocenters. The molecule has 32 heavy (non-hydrogen) atoms. The first-order chi connectivity index (χ1) is 15.4. The lowest BCUT2D eigenvalue weighted by atomic mass is 9.85. The number of halogens is 2. The third kappa shape index (κ3) is 3.92. The zero-order chi connectivity index (χ0) is 22.3. The smallest absolute Gasteiger partial charge is 0.262 e. The predicted molar refractivity (Wildman–Crippen MR) is 118 cm³/mol. The van der Waals surface area contributed by atoms with Crippen LogP contribution < -0.4 is 5.56 Å². The largest absolute Gasteiger partial charge is 0.310 e. The number of rotatable bonds is 4. The number of nitrogens with zero attached hydrogens (tertiary/aromatic N) is 4.